The molecule has 2 aliphatic rings. The third-order valence-corrected chi connectivity index (χ3v) is 4.74. The van der Waals surface area contributed by atoms with Gasteiger partial charge in [-0.3, -0.25) is 14.4 Å². The van der Waals surface area contributed by atoms with E-state index >= 15 is 0 Å². The maximum absolute atomic E-state index is 12.0. The van der Waals surface area contributed by atoms with Crippen molar-refractivity contribution in [2.45, 2.75) is 45.1 Å². The summed E-state index contributed by atoms with van der Waals surface area (Å²) in [6.07, 6.45) is 5.10. The van der Waals surface area contributed by atoms with Crippen LogP contribution in [0.2, 0.25) is 0 Å². The van der Waals surface area contributed by atoms with Crippen LogP contribution in [0.3, 0.4) is 0 Å². The van der Waals surface area contributed by atoms with E-state index in [0.29, 0.717) is 5.60 Å². The SMILES string of the molecule is CN1C=C(B2OC(C)(C)C(C)(C)O2)N=CC1n1ccccc1=O. The van der Waals surface area contributed by atoms with E-state index in [1.807, 2.05) is 51.9 Å². The zero-order chi connectivity index (χ0) is 16.8. The highest BCUT2D eigenvalue weighted by atomic mass is 16.7. The van der Waals surface area contributed by atoms with E-state index < -0.39 is 18.3 Å². The van der Waals surface area contributed by atoms with Crippen molar-refractivity contribution < 1.29 is 9.31 Å². The molecule has 3 rings (SSSR count). The molecule has 1 unspecified atom stereocenters. The number of nitrogens with zero attached hydrogens (tertiary/aromatic N) is 3. The van der Waals surface area contributed by atoms with E-state index in [-0.39, 0.29) is 11.7 Å². The van der Waals surface area contributed by atoms with E-state index in [2.05, 4.69) is 4.99 Å². The number of rotatable bonds is 2. The van der Waals surface area contributed by atoms with Gasteiger partial charge in [-0.15, -0.1) is 0 Å². The summed E-state index contributed by atoms with van der Waals surface area (Å²) in [6, 6.07) is 5.09. The summed E-state index contributed by atoms with van der Waals surface area (Å²) in [5.41, 5.74) is -0.172. The molecule has 0 aliphatic carbocycles. The fourth-order valence-corrected chi connectivity index (χ4v) is 2.59. The molecule has 2 aliphatic heterocycles. The van der Waals surface area contributed by atoms with Gasteiger partial charge in [0.15, 0.2) is 0 Å². The summed E-state index contributed by atoms with van der Waals surface area (Å²) in [4.78, 5) is 18.4. The number of aliphatic imine (C=N–C) groups is 1. The Morgan fingerprint density at radius 2 is 1.83 bits per heavy atom. The van der Waals surface area contributed by atoms with Crippen molar-refractivity contribution in [3.05, 3.63) is 46.5 Å². The third kappa shape index (κ3) is 2.75. The van der Waals surface area contributed by atoms with Crippen LogP contribution in [0.15, 0.2) is 46.0 Å². The molecule has 1 atom stereocenters. The quantitative estimate of drug-likeness (QED) is 0.782. The molecule has 0 bridgehead atoms. The van der Waals surface area contributed by atoms with Gasteiger partial charge in [0.25, 0.3) is 5.56 Å². The Bertz CT molecular complexity index is 707. The molecule has 1 saturated heterocycles. The van der Waals surface area contributed by atoms with Crippen LogP contribution < -0.4 is 5.56 Å². The predicted octanol–water partition coefficient (Wildman–Crippen LogP) is 1.84. The second-order valence-corrected chi connectivity index (χ2v) is 6.95. The molecule has 0 N–H and O–H groups in total. The van der Waals surface area contributed by atoms with E-state index in [4.69, 9.17) is 9.31 Å². The van der Waals surface area contributed by atoms with Crippen molar-refractivity contribution in [3.8, 4) is 0 Å². The van der Waals surface area contributed by atoms with Gasteiger partial charge in [0.05, 0.1) is 16.8 Å². The van der Waals surface area contributed by atoms with Crippen molar-refractivity contribution in [1.82, 2.24) is 9.47 Å². The lowest BCUT2D eigenvalue weighted by Gasteiger charge is -2.32. The first-order valence-electron chi connectivity index (χ1n) is 7.72. The third-order valence-electron chi connectivity index (χ3n) is 4.74. The number of pyridine rings is 1. The molecule has 0 aromatic carbocycles. The van der Waals surface area contributed by atoms with Crippen LogP contribution in [-0.2, 0) is 9.31 Å². The Morgan fingerprint density at radius 1 is 1.17 bits per heavy atom. The Kier molecular flexibility index (Phi) is 3.73. The molecule has 1 fully saturated rings. The monoisotopic (exact) mass is 315 g/mol. The smallest absolute Gasteiger partial charge is 0.398 e. The molecule has 3 heterocycles. The minimum atomic E-state index is -0.507. The summed E-state index contributed by atoms with van der Waals surface area (Å²) >= 11 is 0. The Labute approximate surface area is 136 Å². The predicted molar refractivity (Wildman–Crippen MR) is 90.2 cm³/mol. The maximum atomic E-state index is 12.0. The van der Waals surface area contributed by atoms with Gasteiger partial charge >= 0.3 is 7.12 Å². The Balaban J connectivity index is 1.82. The first kappa shape index (κ1) is 16.0. The van der Waals surface area contributed by atoms with Gasteiger partial charge < -0.3 is 14.2 Å². The molecule has 0 spiro atoms. The van der Waals surface area contributed by atoms with Crippen LogP contribution in [0.4, 0.5) is 0 Å². The van der Waals surface area contributed by atoms with Crippen LogP contribution in [0.5, 0.6) is 0 Å². The van der Waals surface area contributed by atoms with Gasteiger partial charge in [0, 0.05) is 31.7 Å². The second kappa shape index (κ2) is 5.35. The standard InChI is InChI=1S/C16H22BN3O3/c1-15(2)16(3,4)23-17(22-15)12-11-19(5)13(10-18-12)20-9-7-6-8-14(20)21/h6-11,13H,1-5H3. The van der Waals surface area contributed by atoms with E-state index in [0.717, 1.165) is 0 Å². The molecule has 0 radical (unpaired) electrons. The lowest BCUT2D eigenvalue weighted by molar-refractivity contribution is 0.00578. The zero-order valence-electron chi connectivity index (χ0n) is 14.2. The minimum Gasteiger partial charge on any atom is -0.398 e. The molecule has 6 nitrogen and oxygen atoms in total. The topological polar surface area (TPSA) is 56.1 Å². The average molecular weight is 315 g/mol. The molecule has 1 aromatic rings. The Morgan fingerprint density at radius 3 is 2.39 bits per heavy atom. The van der Waals surface area contributed by atoms with Gasteiger partial charge in [-0.2, -0.15) is 0 Å². The van der Waals surface area contributed by atoms with Gasteiger partial charge in [0.2, 0.25) is 0 Å². The zero-order valence-corrected chi connectivity index (χ0v) is 14.2. The van der Waals surface area contributed by atoms with Crippen LogP contribution >= 0.6 is 0 Å². The minimum absolute atomic E-state index is 0.0664. The first-order valence-corrected chi connectivity index (χ1v) is 7.72. The fourth-order valence-electron chi connectivity index (χ4n) is 2.59. The summed E-state index contributed by atoms with van der Waals surface area (Å²) in [5, 5.41) is 0. The highest BCUT2D eigenvalue weighted by molar-refractivity contribution is 6.54. The van der Waals surface area contributed by atoms with E-state index in [9.17, 15) is 4.79 Å². The van der Waals surface area contributed by atoms with Crippen molar-refractivity contribution in [3.63, 3.8) is 0 Å². The van der Waals surface area contributed by atoms with Gasteiger partial charge in [-0.1, -0.05) is 6.07 Å². The van der Waals surface area contributed by atoms with Crippen molar-refractivity contribution in [1.29, 1.82) is 0 Å². The number of hydrogen-bond donors (Lipinski definition) is 0. The maximum Gasteiger partial charge on any atom is 0.516 e. The highest BCUT2D eigenvalue weighted by Gasteiger charge is 2.53. The van der Waals surface area contributed by atoms with Gasteiger partial charge in [-0.25, -0.2) is 0 Å². The van der Waals surface area contributed by atoms with Crippen molar-refractivity contribution in [2.75, 3.05) is 7.05 Å². The lowest BCUT2D eigenvalue weighted by atomic mass is 9.84. The van der Waals surface area contributed by atoms with Crippen LogP contribution in [0.25, 0.3) is 0 Å². The summed E-state index contributed by atoms with van der Waals surface area (Å²) in [6.45, 7) is 8.04. The summed E-state index contributed by atoms with van der Waals surface area (Å²) < 4.78 is 13.7. The fraction of sp³-hybridized carbons (Fsp3) is 0.500. The van der Waals surface area contributed by atoms with Gasteiger partial charge in [-0.05, 0) is 33.8 Å². The molecule has 0 saturated carbocycles. The van der Waals surface area contributed by atoms with Crippen molar-refractivity contribution >= 4 is 13.3 Å². The van der Waals surface area contributed by atoms with Crippen molar-refractivity contribution in [2.24, 2.45) is 4.99 Å². The van der Waals surface area contributed by atoms with E-state index in [1.165, 1.54) is 6.07 Å². The summed E-state index contributed by atoms with van der Waals surface area (Å²) in [7, 11) is 1.40. The summed E-state index contributed by atoms with van der Waals surface area (Å²) in [5.74, 6) is 0. The molecular weight excluding hydrogens is 293 g/mol. The van der Waals surface area contributed by atoms with Gasteiger partial charge in [0.1, 0.15) is 6.17 Å². The average Bonchev–Trinajstić information content (AvgIpc) is 2.68. The molecule has 1 aromatic heterocycles. The molecular formula is C16H22BN3O3. The van der Waals surface area contributed by atoms with E-state index in [1.54, 1.807) is 23.0 Å². The molecule has 122 valence electrons. The molecule has 0 amide bonds. The normalized spacial score (nSPS) is 25.6. The second-order valence-electron chi connectivity index (χ2n) is 6.95. The van der Waals surface area contributed by atoms with Crippen LogP contribution in [-0.4, -0.2) is 41.0 Å². The number of aromatic nitrogens is 1. The number of hydrogen-bond acceptors (Lipinski definition) is 5. The Hall–Kier alpha value is -1.86. The van der Waals surface area contributed by atoms with Crippen LogP contribution in [0.1, 0.15) is 33.9 Å². The first-order chi connectivity index (χ1) is 10.7. The largest absolute Gasteiger partial charge is 0.516 e. The molecule has 23 heavy (non-hydrogen) atoms. The van der Waals surface area contributed by atoms with Crippen LogP contribution in [0, 0.1) is 0 Å². The highest BCUT2D eigenvalue weighted by Crippen LogP contribution is 2.39. The molecule has 7 heteroatoms. The lowest BCUT2D eigenvalue weighted by Crippen LogP contribution is -2.41.